The van der Waals surface area contributed by atoms with Crippen LogP contribution in [0.15, 0.2) is 75.1 Å². The number of esters is 1. The number of sulfone groups is 1. The molecule has 0 unspecified atom stereocenters. The minimum absolute atomic E-state index is 0.0380. The van der Waals surface area contributed by atoms with Crippen molar-refractivity contribution in [2.75, 3.05) is 6.61 Å². The molecule has 2 aromatic carbocycles. The molecule has 0 aliphatic carbocycles. The summed E-state index contributed by atoms with van der Waals surface area (Å²) in [5.74, 6) is -1.67. The molecule has 1 saturated heterocycles. The van der Waals surface area contributed by atoms with Crippen molar-refractivity contribution < 1.29 is 22.7 Å². The van der Waals surface area contributed by atoms with Crippen molar-refractivity contribution in [3.05, 3.63) is 75.7 Å². The highest BCUT2D eigenvalue weighted by Crippen LogP contribution is 2.32. The second kappa shape index (κ2) is 8.79. The molecule has 29 heavy (non-hydrogen) atoms. The van der Waals surface area contributed by atoms with Gasteiger partial charge in [0.2, 0.25) is 9.84 Å². The van der Waals surface area contributed by atoms with E-state index in [2.05, 4.69) is 26.6 Å². The van der Waals surface area contributed by atoms with Gasteiger partial charge in [0.25, 0.3) is 0 Å². The summed E-state index contributed by atoms with van der Waals surface area (Å²) in [6.07, 6.45) is 0. The summed E-state index contributed by atoms with van der Waals surface area (Å²) in [6, 6.07) is 13.6. The number of urea groups is 1. The van der Waals surface area contributed by atoms with Gasteiger partial charge in [-0.2, -0.15) is 0 Å². The predicted octanol–water partition coefficient (Wildman–Crippen LogP) is 3.30. The monoisotopic (exact) mass is 478 g/mol. The number of halogens is 1. The molecule has 0 saturated carbocycles. The first-order valence-corrected chi connectivity index (χ1v) is 11.2. The molecule has 7 nitrogen and oxygen atoms in total. The van der Waals surface area contributed by atoms with Gasteiger partial charge in [0, 0.05) is 10.2 Å². The molecule has 3 rings (SSSR count). The smallest absolute Gasteiger partial charge is 0.319 e. The van der Waals surface area contributed by atoms with Crippen LogP contribution in [-0.2, 0) is 19.4 Å². The number of carbonyl (C=O) groups is 2. The lowest BCUT2D eigenvalue weighted by Crippen LogP contribution is -2.51. The average molecular weight is 479 g/mol. The van der Waals surface area contributed by atoms with E-state index in [1.807, 2.05) is 0 Å². The van der Waals surface area contributed by atoms with Crippen LogP contribution in [0.25, 0.3) is 0 Å². The number of rotatable bonds is 5. The number of amides is 2. The van der Waals surface area contributed by atoms with Crippen molar-refractivity contribution in [2.45, 2.75) is 17.9 Å². The van der Waals surface area contributed by atoms with E-state index < -0.39 is 33.8 Å². The fraction of sp³-hybridized carbons (Fsp3) is 0.200. The molecule has 2 aromatic rings. The van der Waals surface area contributed by atoms with Gasteiger partial charge in [0.15, 0.2) is 0 Å². The van der Waals surface area contributed by atoms with Gasteiger partial charge in [0.05, 0.1) is 23.0 Å². The molecule has 1 aliphatic rings. The Morgan fingerprint density at radius 1 is 1.14 bits per heavy atom. The SMILES string of the molecule is CCOC(=O)[C@H]1/C(=C\S(=O)(=O)c2ccc(Br)cc2)NC(=O)N[C@@H]1c1ccccc1. The Morgan fingerprint density at radius 2 is 1.79 bits per heavy atom. The third kappa shape index (κ3) is 4.86. The Labute approximate surface area is 177 Å². The molecular formula is C20H19BrN2O5S. The minimum Gasteiger partial charge on any atom is -0.465 e. The molecule has 1 fully saturated rings. The lowest BCUT2D eigenvalue weighted by molar-refractivity contribution is -0.147. The van der Waals surface area contributed by atoms with Crippen LogP contribution in [0.4, 0.5) is 4.79 Å². The maximum absolute atomic E-state index is 12.9. The van der Waals surface area contributed by atoms with Gasteiger partial charge in [0.1, 0.15) is 5.92 Å². The Morgan fingerprint density at radius 3 is 2.41 bits per heavy atom. The lowest BCUT2D eigenvalue weighted by Gasteiger charge is -2.33. The van der Waals surface area contributed by atoms with E-state index in [0.29, 0.717) is 5.56 Å². The van der Waals surface area contributed by atoms with Crippen molar-refractivity contribution in [1.29, 1.82) is 0 Å². The minimum atomic E-state index is -3.92. The van der Waals surface area contributed by atoms with Crippen LogP contribution < -0.4 is 10.6 Å². The third-order valence-electron chi connectivity index (χ3n) is 4.34. The van der Waals surface area contributed by atoms with Gasteiger partial charge in [-0.25, -0.2) is 13.2 Å². The molecule has 2 atom stereocenters. The zero-order valence-electron chi connectivity index (χ0n) is 15.5. The standard InChI is InChI=1S/C20H19BrN2O5S/c1-2-28-19(24)17-16(12-29(26,27)15-10-8-14(21)9-11-15)22-20(25)23-18(17)13-6-4-3-5-7-13/h3-12,17-18H,2H2,1H3,(H2,22,23,25)/b16-12+/t17-,18+/m0/s1. The van der Waals surface area contributed by atoms with Crippen LogP contribution in [-0.4, -0.2) is 27.0 Å². The van der Waals surface area contributed by atoms with Crippen molar-refractivity contribution in [3.63, 3.8) is 0 Å². The second-order valence-corrected chi connectivity index (χ2v) is 9.00. The molecule has 0 spiro atoms. The topological polar surface area (TPSA) is 102 Å². The van der Waals surface area contributed by atoms with Crippen LogP contribution in [0.3, 0.4) is 0 Å². The maximum atomic E-state index is 12.9. The Balaban J connectivity index is 2.08. The van der Waals surface area contributed by atoms with E-state index in [4.69, 9.17) is 4.74 Å². The molecule has 1 aliphatic heterocycles. The van der Waals surface area contributed by atoms with E-state index in [9.17, 15) is 18.0 Å². The number of carbonyl (C=O) groups excluding carboxylic acids is 2. The van der Waals surface area contributed by atoms with E-state index >= 15 is 0 Å². The van der Waals surface area contributed by atoms with E-state index in [1.165, 1.54) is 12.1 Å². The molecule has 152 valence electrons. The van der Waals surface area contributed by atoms with Gasteiger partial charge >= 0.3 is 12.0 Å². The first kappa shape index (κ1) is 21.1. The number of benzene rings is 2. The second-order valence-electron chi connectivity index (χ2n) is 6.29. The highest BCUT2D eigenvalue weighted by Gasteiger charge is 2.40. The molecule has 0 aromatic heterocycles. The molecule has 9 heteroatoms. The normalized spacial score (nSPS) is 20.6. The fourth-order valence-corrected chi connectivity index (χ4v) is 4.50. The van der Waals surface area contributed by atoms with Crippen molar-refractivity contribution in [2.24, 2.45) is 5.92 Å². The number of hydrogen-bond donors (Lipinski definition) is 2. The highest BCUT2D eigenvalue weighted by atomic mass is 79.9. The quantitative estimate of drug-likeness (QED) is 0.641. The van der Waals surface area contributed by atoms with Gasteiger partial charge < -0.3 is 15.4 Å². The molecule has 2 amide bonds. The van der Waals surface area contributed by atoms with Gasteiger partial charge in [-0.15, -0.1) is 0 Å². The summed E-state index contributed by atoms with van der Waals surface area (Å²) in [5.41, 5.74) is 0.622. The maximum Gasteiger partial charge on any atom is 0.319 e. The Kier molecular flexibility index (Phi) is 6.39. The van der Waals surface area contributed by atoms with Gasteiger partial charge in [-0.1, -0.05) is 46.3 Å². The summed E-state index contributed by atoms with van der Waals surface area (Å²) in [6.45, 7) is 1.78. The lowest BCUT2D eigenvalue weighted by atomic mass is 9.89. The van der Waals surface area contributed by atoms with E-state index in [0.717, 1.165) is 9.88 Å². The van der Waals surface area contributed by atoms with Crippen molar-refractivity contribution in [1.82, 2.24) is 10.6 Å². The summed E-state index contributed by atoms with van der Waals surface area (Å²) < 4.78 is 31.6. The van der Waals surface area contributed by atoms with Crippen molar-refractivity contribution >= 4 is 37.8 Å². The highest BCUT2D eigenvalue weighted by molar-refractivity contribution is 9.10. The fourth-order valence-electron chi connectivity index (χ4n) is 3.04. The average Bonchev–Trinajstić information content (AvgIpc) is 2.68. The predicted molar refractivity (Wildman–Crippen MR) is 110 cm³/mol. The van der Waals surface area contributed by atoms with E-state index in [1.54, 1.807) is 49.4 Å². The number of ether oxygens (including phenoxy) is 1. The van der Waals surface area contributed by atoms with Gasteiger partial charge in [-0.3, -0.25) is 4.79 Å². The third-order valence-corrected chi connectivity index (χ3v) is 6.36. The van der Waals surface area contributed by atoms with Gasteiger partial charge in [-0.05, 0) is 36.8 Å². The van der Waals surface area contributed by atoms with Crippen LogP contribution in [0, 0.1) is 5.92 Å². The molecule has 0 bridgehead atoms. The number of nitrogens with one attached hydrogen (secondary N) is 2. The van der Waals surface area contributed by atoms with Crippen LogP contribution in [0.1, 0.15) is 18.5 Å². The van der Waals surface area contributed by atoms with Crippen LogP contribution in [0.5, 0.6) is 0 Å². The molecule has 0 radical (unpaired) electrons. The zero-order chi connectivity index (χ0) is 21.0. The molecular weight excluding hydrogens is 460 g/mol. The summed E-state index contributed by atoms with van der Waals surface area (Å²) in [4.78, 5) is 25.0. The van der Waals surface area contributed by atoms with E-state index in [-0.39, 0.29) is 17.2 Å². The van der Waals surface area contributed by atoms with Crippen molar-refractivity contribution in [3.8, 4) is 0 Å². The van der Waals surface area contributed by atoms with Crippen LogP contribution in [0.2, 0.25) is 0 Å². The number of hydrogen-bond acceptors (Lipinski definition) is 5. The largest absolute Gasteiger partial charge is 0.465 e. The Bertz CT molecular complexity index is 1040. The summed E-state index contributed by atoms with van der Waals surface area (Å²) in [7, 11) is -3.92. The van der Waals surface area contributed by atoms with Crippen LogP contribution >= 0.6 is 15.9 Å². The first-order valence-electron chi connectivity index (χ1n) is 8.83. The molecule has 2 N–H and O–H groups in total. The zero-order valence-corrected chi connectivity index (χ0v) is 17.9. The molecule has 1 heterocycles. The summed E-state index contributed by atoms with van der Waals surface area (Å²) in [5, 5.41) is 6.08. The summed E-state index contributed by atoms with van der Waals surface area (Å²) >= 11 is 3.26. The first-order chi connectivity index (χ1) is 13.8. The Hall–Kier alpha value is -2.65.